The predicted molar refractivity (Wildman–Crippen MR) is 89.2 cm³/mol. The molecule has 4 heteroatoms. The van der Waals surface area contributed by atoms with Crippen molar-refractivity contribution in [3.8, 4) is 11.5 Å². The maximum Gasteiger partial charge on any atom is 0.164 e. The van der Waals surface area contributed by atoms with E-state index >= 15 is 0 Å². The summed E-state index contributed by atoms with van der Waals surface area (Å²) in [6.45, 7) is 1.11. The molecule has 2 aromatic carbocycles. The van der Waals surface area contributed by atoms with E-state index in [0.29, 0.717) is 13.2 Å². The van der Waals surface area contributed by atoms with Crippen LogP contribution in [0.1, 0.15) is 11.1 Å². The number of ether oxygens (including phenoxy) is 2. The third-order valence-electron chi connectivity index (χ3n) is 2.99. The van der Waals surface area contributed by atoms with E-state index in [2.05, 4.69) is 46.9 Å². The second kappa shape index (κ2) is 7.50. The van der Waals surface area contributed by atoms with Crippen LogP contribution in [0.5, 0.6) is 11.5 Å². The van der Waals surface area contributed by atoms with Gasteiger partial charge in [-0.1, -0.05) is 24.3 Å². The Labute approximate surface area is 133 Å². The fourth-order valence-corrected chi connectivity index (χ4v) is 2.33. The van der Waals surface area contributed by atoms with E-state index in [9.17, 15) is 0 Å². The lowest BCUT2D eigenvalue weighted by molar-refractivity contribution is 0.281. The average Bonchev–Trinajstić information content (AvgIpc) is 2.47. The molecular weight excluding hydrogens is 365 g/mol. The van der Waals surface area contributed by atoms with E-state index in [4.69, 9.17) is 15.2 Å². The van der Waals surface area contributed by atoms with Gasteiger partial charge in [-0.05, 0) is 64.9 Å². The zero-order valence-electron chi connectivity index (χ0n) is 11.4. The first-order chi connectivity index (χ1) is 9.74. The summed E-state index contributed by atoms with van der Waals surface area (Å²) in [6, 6.07) is 14.2. The maximum absolute atomic E-state index is 5.95. The Morgan fingerprint density at radius 2 is 1.85 bits per heavy atom. The molecule has 0 amide bonds. The van der Waals surface area contributed by atoms with Crippen LogP contribution in [0.3, 0.4) is 0 Å². The van der Waals surface area contributed by atoms with E-state index in [0.717, 1.165) is 29.0 Å². The number of methoxy groups -OCH3 is 1. The molecule has 2 aromatic rings. The summed E-state index contributed by atoms with van der Waals surface area (Å²) in [5.74, 6) is 1.54. The number of hydrogen-bond acceptors (Lipinski definition) is 3. The maximum atomic E-state index is 5.95. The minimum atomic E-state index is 0.523. The molecule has 106 valence electrons. The van der Waals surface area contributed by atoms with Crippen LogP contribution in [0.25, 0.3) is 0 Å². The van der Waals surface area contributed by atoms with E-state index < -0.39 is 0 Å². The highest BCUT2D eigenvalue weighted by molar-refractivity contribution is 14.1. The quantitative estimate of drug-likeness (QED) is 0.778. The van der Waals surface area contributed by atoms with Crippen LogP contribution in [0.4, 0.5) is 0 Å². The first kappa shape index (κ1) is 15.1. The Bertz CT molecular complexity index is 555. The van der Waals surface area contributed by atoms with E-state index in [1.807, 2.05) is 18.2 Å². The Kier molecular flexibility index (Phi) is 5.67. The molecule has 0 radical (unpaired) electrons. The number of nitrogens with two attached hydrogens (primary N) is 1. The molecule has 0 saturated heterocycles. The minimum Gasteiger partial charge on any atom is -0.493 e. The third-order valence-corrected chi connectivity index (χ3v) is 3.71. The first-order valence-electron chi connectivity index (χ1n) is 6.47. The topological polar surface area (TPSA) is 44.5 Å². The zero-order chi connectivity index (χ0) is 14.4. The van der Waals surface area contributed by atoms with Crippen molar-refractivity contribution in [2.45, 2.75) is 13.0 Å². The van der Waals surface area contributed by atoms with Gasteiger partial charge in [0.05, 0.1) is 7.11 Å². The number of rotatable bonds is 6. The molecule has 0 atom stereocenters. The van der Waals surface area contributed by atoms with Crippen molar-refractivity contribution in [3.05, 3.63) is 57.2 Å². The van der Waals surface area contributed by atoms with Crippen LogP contribution in [-0.2, 0) is 13.0 Å². The summed E-state index contributed by atoms with van der Waals surface area (Å²) in [6.07, 6.45) is 0.777. The first-order valence-corrected chi connectivity index (χ1v) is 7.55. The van der Waals surface area contributed by atoms with Crippen LogP contribution in [0, 0.1) is 3.57 Å². The van der Waals surface area contributed by atoms with Crippen LogP contribution in [0.2, 0.25) is 0 Å². The largest absolute Gasteiger partial charge is 0.493 e. The fraction of sp³-hybridized carbons (Fsp3) is 0.250. The predicted octanol–water partition coefficient (Wildman–Crippen LogP) is 3.38. The SMILES string of the molecule is COc1cccc(CCN)c1OCc1ccc(I)cc1. The zero-order valence-corrected chi connectivity index (χ0v) is 13.6. The van der Waals surface area contributed by atoms with Crippen molar-refractivity contribution >= 4 is 22.6 Å². The molecule has 0 fully saturated rings. The van der Waals surface area contributed by atoms with Gasteiger partial charge in [-0.25, -0.2) is 0 Å². The lowest BCUT2D eigenvalue weighted by Gasteiger charge is -2.15. The molecule has 0 aliphatic rings. The van der Waals surface area contributed by atoms with Gasteiger partial charge in [0, 0.05) is 3.57 Å². The summed E-state index contributed by atoms with van der Waals surface area (Å²) in [5, 5.41) is 0. The number of hydrogen-bond donors (Lipinski definition) is 1. The van der Waals surface area contributed by atoms with Gasteiger partial charge in [0.25, 0.3) is 0 Å². The van der Waals surface area contributed by atoms with Crippen LogP contribution in [-0.4, -0.2) is 13.7 Å². The van der Waals surface area contributed by atoms with Gasteiger partial charge in [0.15, 0.2) is 11.5 Å². The Morgan fingerprint density at radius 1 is 1.10 bits per heavy atom. The van der Waals surface area contributed by atoms with E-state index in [1.165, 1.54) is 3.57 Å². The van der Waals surface area contributed by atoms with Gasteiger partial charge >= 0.3 is 0 Å². The normalized spacial score (nSPS) is 10.3. The molecule has 0 aromatic heterocycles. The standard InChI is InChI=1S/C16H18INO2/c1-19-15-4-2-3-13(9-10-18)16(15)20-11-12-5-7-14(17)8-6-12/h2-8H,9-11,18H2,1H3. The monoisotopic (exact) mass is 383 g/mol. The molecule has 2 rings (SSSR count). The van der Waals surface area contributed by atoms with E-state index in [1.54, 1.807) is 7.11 Å². The Morgan fingerprint density at radius 3 is 2.50 bits per heavy atom. The highest BCUT2D eigenvalue weighted by Gasteiger charge is 2.10. The summed E-state index contributed by atoms with van der Waals surface area (Å²) >= 11 is 2.29. The molecule has 0 aliphatic carbocycles. The van der Waals surface area contributed by atoms with Gasteiger partial charge in [-0.2, -0.15) is 0 Å². The number of benzene rings is 2. The summed E-state index contributed by atoms with van der Waals surface area (Å²) in [4.78, 5) is 0. The van der Waals surface area contributed by atoms with Crippen LogP contribution >= 0.6 is 22.6 Å². The van der Waals surface area contributed by atoms with Crippen molar-refractivity contribution in [2.75, 3.05) is 13.7 Å². The van der Waals surface area contributed by atoms with E-state index in [-0.39, 0.29) is 0 Å². The van der Waals surface area contributed by atoms with Crippen molar-refractivity contribution < 1.29 is 9.47 Å². The molecule has 2 N–H and O–H groups in total. The highest BCUT2D eigenvalue weighted by Crippen LogP contribution is 2.32. The number of halogens is 1. The molecular formula is C16H18INO2. The number of para-hydroxylation sites is 1. The molecule has 0 heterocycles. The van der Waals surface area contributed by atoms with Crippen molar-refractivity contribution in [2.24, 2.45) is 5.73 Å². The van der Waals surface area contributed by atoms with Crippen molar-refractivity contribution in [1.82, 2.24) is 0 Å². The fourth-order valence-electron chi connectivity index (χ4n) is 1.97. The lowest BCUT2D eigenvalue weighted by atomic mass is 10.1. The summed E-state index contributed by atoms with van der Waals surface area (Å²) in [5.41, 5.74) is 7.86. The van der Waals surface area contributed by atoms with Gasteiger partial charge in [-0.3, -0.25) is 0 Å². The van der Waals surface area contributed by atoms with Gasteiger partial charge in [-0.15, -0.1) is 0 Å². The molecule has 0 spiro atoms. The third kappa shape index (κ3) is 3.86. The van der Waals surface area contributed by atoms with Gasteiger partial charge in [0.1, 0.15) is 6.61 Å². The molecule has 0 unspecified atom stereocenters. The summed E-state index contributed by atoms with van der Waals surface area (Å²) < 4.78 is 12.5. The average molecular weight is 383 g/mol. The van der Waals surface area contributed by atoms with Crippen molar-refractivity contribution in [1.29, 1.82) is 0 Å². The van der Waals surface area contributed by atoms with Crippen molar-refractivity contribution in [3.63, 3.8) is 0 Å². The molecule has 20 heavy (non-hydrogen) atoms. The Balaban J connectivity index is 2.16. The van der Waals surface area contributed by atoms with Crippen LogP contribution < -0.4 is 15.2 Å². The molecule has 3 nitrogen and oxygen atoms in total. The molecule has 0 aliphatic heterocycles. The molecule has 0 saturated carbocycles. The smallest absolute Gasteiger partial charge is 0.164 e. The highest BCUT2D eigenvalue weighted by atomic mass is 127. The summed E-state index contributed by atoms with van der Waals surface area (Å²) in [7, 11) is 1.65. The minimum absolute atomic E-state index is 0.523. The second-order valence-electron chi connectivity index (χ2n) is 4.40. The Hall–Kier alpha value is -1.27. The lowest BCUT2D eigenvalue weighted by Crippen LogP contribution is -2.06. The van der Waals surface area contributed by atoms with Gasteiger partial charge in [0.2, 0.25) is 0 Å². The van der Waals surface area contributed by atoms with Gasteiger partial charge < -0.3 is 15.2 Å². The van der Waals surface area contributed by atoms with Crippen LogP contribution in [0.15, 0.2) is 42.5 Å². The molecule has 0 bridgehead atoms. The second-order valence-corrected chi connectivity index (χ2v) is 5.65.